The molecule has 2 N–H and O–H groups in total. The largest absolute Gasteiger partial charge is 0.493 e. The van der Waals surface area contributed by atoms with Crippen molar-refractivity contribution < 1.29 is 19.1 Å². The van der Waals surface area contributed by atoms with Crippen LogP contribution in [0.15, 0.2) is 24.3 Å². The summed E-state index contributed by atoms with van der Waals surface area (Å²) < 4.78 is 10.7. The molecule has 6 heteroatoms. The summed E-state index contributed by atoms with van der Waals surface area (Å²) in [7, 11) is 1.54. The van der Waals surface area contributed by atoms with Crippen LogP contribution in [-0.4, -0.2) is 38.1 Å². The molecule has 0 aromatic heterocycles. The molecule has 23 heavy (non-hydrogen) atoms. The summed E-state index contributed by atoms with van der Waals surface area (Å²) >= 11 is 0. The van der Waals surface area contributed by atoms with Gasteiger partial charge < -0.3 is 20.1 Å². The van der Waals surface area contributed by atoms with Crippen molar-refractivity contribution in [3.05, 3.63) is 29.8 Å². The van der Waals surface area contributed by atoms with E-state index in [0.717, 1.165) is 5.56 Å². The molecule has 126 valence electrons. The van der Waals surface area contributed by atoms with Crippen LogP contribution >= 0.6 is 0 Å². The maximum atomic E-state index is 11.8. The minimum Gasteiger partial charge on any atom is -0.493 e. The number of nitrogens with one attached hydrogen (secondary N) is 2. The van der Waals surface area contributed by atoms with Crippen LogP contribution in [0.25, 0.3) is 6.08 Å². The van der Waals surface area contributed by atoms with Gasteiger partial charge in [-0.15, -0.1) is 0 Å². The molecule has 0 heterocycles. The highest BCUT2D eigenvalue weighted by molar-refractivity contribution is 5.87. The molecular formula is C17H24N2O4. The number of ether oxygens (including phenoxy) is 2. The second kappa shape index (κ2) is 9.50. The van der Waals surface area contributed by atoms with Crippen LogP contribution in [0, 0.1) is 0 Å². The molecule has 2 amide bonds. The molecule has 0 saturated carbocycles. The van der Waals surface area contributed by atoms with E-state index in [1.165, 1.54) is 0 Å². The van der Waals surface area contributed by atoms with Crippen LogP contribution in [-0.2, 0) is 9.59 Å². The number of hydrogen-bond donors (Lipinski definition) is 2. The maximum Gasteiger partial charge on any atom is 0.258 e. The van der Waals surface area contributed by atoms with E-state index in [2.05, 4.69) is 10.6 Å². The van der Waals surface area contributed by atoms with E-state index in [4.69, 9.17) is 9.47 Å². The summed E-state index contributed by atoms with van der Waals surface area (Å²) in [5, 5.41) is 5.22. The molecule has 0 aliphatic carbocycles. The summed E-state index contributed by atoms with van der Waals surface area (Å²) in [6.07, 6.45) is 3.86. The minimum absolute atomic E-state index is 0.191. The number of amides is 2. The van der Waals surface area contributed by atoms with Gasteiger partial charge in [-0.05, 0) is 38.5 Å². The molecule has 0 aliphatic rings. The normalized spacial score (nSPS) is 11.8. The van der Waals surface area contributed by atoms with Crippen LogP contribution in [0.1, 0.15) is 26.3 Å². The van der Waals surface area contributed by atoms with Crippen LogP contribution in [0.4, 0.5) is 0 Å². The predicted octanol–water partition coefficient (Wildman–Crippen LogP) is 1.75. The SMILES string of the molecule is C/C=C/c1ccc(OCC(=O)N[C@@H](C)C(=O)NCC)c(OC)c1. The maximum absolute atomic E-state index is 11.8. The number of benzene rings is 1. The highest BCUT2D eigenvalue weighted by atomic mass is 16.5. The van der Waals surface area contributed by atoms with Gasteiger partial charge in [0.15, 0.2) is 18.1 Å². The molecule has 1 aromatic rings. The molecule has 0 saturated heterocycles. The lowest BCUT2D eigenvalue weighted by Gasteiger charge is -2.15. The Bertz CT molecular complexity index is 570. The van der Waals surface area contributed by atoms with Crippen LogP contribution in [0.3, 0.4) is 0 Å². The van der Waals surface area contributed by atoms with Crippen molar-refractivity contribution >= 4 is 17.9 Å². The van der Waals surface area contributed by atoms with E-state index < -0.39 is 6.04 Å². The molecule has 0 spiro atoms. The molecule has 0 aliphatic heterocycles. The monoisotopic (exact) mass is 320 g/mol. The first kappa shape index (κ1) is 18.5. The van der Waals surface area contributed by atoms with Crippen molar-refractivity contribution in [2.24, 2.45) is 0 Å². The zero-order valence-electron chi connectivity index (χ0n) is 14.0. The Labute approximate surface area is 136 Å². The van der Waals surface area contributed by atoms with Gasteiger partial charge in [0.2, 0.25) is 5.91 Å². The van der Waals surface area contributed by atoms with E-state index in [9.17, 15) is 9.59 Å². The zero-order valence-corrected chi connectivity index (χ0v) is 14.0. The first-order chi connectivity index (χ1) is 11.0. The van der Waals surface area contributed by atoms with Gasteiger partial charge in [-0.3, -0.25) is 9.59 Å². The van der Waals surface area contributed by atoms with E-state index in [1.807, 2.05) is 38.1 Å². The van der Waals surface area contributed by atoms with Crippen LogP contribution in [0.2, 0.25) is 0 Å². The van der Waals surface area contributed by atoms with Crippen molar-refractivity contribution in [1.82, 2.24) is 10.6 Å². The first-order valence-corrected chi connectivity index (χ1v) is 7.52. The second-order valence-electron chi connectivity index (χ2n) is 4.88. The smallest absolute Gasteiger partial charge is 0.258 e. The molecule has 1 aromatic carbocycles. The molecule has 0 fully saturated rings. The fourth-order valence-electron chi connectivity index (χ4n) is 1.92. The van der Waals surface area contributed by atoms with Gasteiger partial charge in [0, 0.05) is 6.54 Å². The number of methoxy groups -OCH3 is 1. The Morgan fingerprint density at radius 1 is 1.30 bits per heavy atom. The number of allylic oxidation sites excluding steroid dienone is 1. The third kappa shape index (κ3) is 6.02. The number of carbonyl (C=O) groups excluding carboxylic acids is 2. The highest BCUT2D eigenvalue weighted by Crippen LogP contribution is 2.28. The third-order valence-corrected chi connectivity index (χ3v) is 3.03. The summed E-state index contributed by atoms with van der Waals surface area (Å²) in [6.45, 7) is 5.69. The Morgan fingerprint density at radius 2 is 2.04 bits per heavy atom. The lowest BCUT2D eigenvalue weighted by molar-refractivity contribution is -0.129. The van der Waals surface area contributed by atoms with E-state index >= 15 is 0 Å². The fourth-order valence-corrected chi connectivity index (χ4v) is 1.92. The molecule has 1 rings (SSSR count). The Hall–Kier alpha value is -2.50. The van der Waals surface area contributed by atoms with Gasteiger partial charge in [-0.25, -0.2) is 0 Å². The van der Waals surface area contributed by atoms with Crippen molar-refractivity contribution in [3.8, 4) is 11.5 Å². The number of rotatable bonds is 8. The van der Waals surface area contributed by atoms with Crippen LogP contribution < -0.4 is 20.1 Å². The molecular weight excluding hydrogens is 296 g/mol. The average Bonchev–Trinajstić information content (AvgIpc) is 2.53. The summed E-state index contributed by atoms with van der Waals surface area (Å²) in [5.41, 5.74) is 0.978. The lowest BCUT2D eigenvalue weighted by atomic mass is 10.2. The van der Waals surface area contributed by atoms with Crippen LogP contribution in [0.5, 0.6) is 11.5 Å². The van der Waals surface area contributed by atoms with Crippen molar-refractivity contribution in [3.63, 3.8) is 0 Å². The minimum atomic E-state index is -0.606. The van der Waals surface area contributed by atoms with Gasteiger partial charge in [0.05, 0.1) is 7.11 Å². The summed E-state index contributed by atoms with van der Waals surface area (Å²) in [5.74, 6) is 0.421. The molecule has 0 radical (unpaired) electrons. The Kier molecular flexibility index (Phi) is 7.66. The number of hydrogen-bond acceptors (Lipinski definition) is 4. The number of carbonyl (C=O) groups is 2. The van der Waals surface area contributed by atoms with Gasteiger partial charge in [0.25, 0.3) is 5.91 Å². The van der Waals surface area contributed by atoms with Crippen molar-refractivity contribution in [2.45, 2.75) is 26.8 Å². The molecule has 0 unspecified atom stereocenters. The van der Waals surface area contributed by atoms with Gasteiger partial charge >= 0.3 is 0 Å². The summed E-state index contributed by atoms with van der Waals surface area (Å²) in [4.78, 5) is 23.4. The van der Waals surface area contributed by atoms with Crippen molar-refractivity contribution in [1.29, 1.82) is 0 Å². The van der Waals surface area contributed by atoms with Gasteiger partial charge in [-0.2, -0.15) is 0 Å². The predicted molar refractivity (Wildman–Crippen MR) is 89.5 cm³/mol. The van der Waals surface area contributed by atoms with Gasteiger partial charge in [0.1, 0.15) is 6.04 Å². The lowest BCUT2D eigenvalue weighted by Crippen LogP contribution is -2.46. The second-order valence-corrected chi connectivity index (χ2v) is 4.88. The van der Waals surface area contributed by atoms with Crippen molar-refractivity contribution in [2.75, 3.05) is 20.3 Å². The molecule has 1 atom stereocenters. The Balaban J connectivity index is 2.60. The van der Waals surface area contributed by atoms with E-state index in [-0.39, 0.29) is 18.4 Å². The average molecular weight is 320 g/mol. The van der Waals surface area contributed by atoms with E-state index in [1.54, 1.807) is 20.1 Å². The topological polar surface area (TPSA) is 76.7 Å². The fraction of sp³-hybridized carbons (Fsp3) is 0.412. The molecule has 6 nitrogen and oxygen atoms in total. The van der Waals surface area contributed by atoms with Gasteiger partial charge in [-0.1, -0.05) is 18.2 Å². The Morgan fingerprint density at radius 3 is 2.65 bits per heavy atom. The van der Waals surface area contributed by atoms with E-state index in [0.29, 0.717) is 18.0 Å². The molecule has 0 bridgehead atoms. The zero-order chi connectivity index (χ0) is 17.2. The quantitative estimate of drug-likeness (QED) is 0.765. The first-order valence-electron chi connectivity index (χ1n) is 7.52. The number of likely N-dealkylation sites (N-methyl/N-ethyl adjacent to an activating group) is 1. The third-order valence-electron chi connectivity index (χ3n) is 3.03. The standard InChI is InChI=1S/C17H24N2O4/c1-5-7-13-8-9-14(15(10-13)22-4)23-11-16(20)19-12(3)17(21)18-6-2/h5,7-10,12H,6,11H2,1-4H3,(H,18,21)(H,19,20)/b7-5+/t12-/m0/s1. The summed E-state index contributed by atoms with van der Waals surface area (Å²) in [6, 6.07) is 4.83. The highest BCUT2D eigenvalue weighted by Gasteiger charge is 2.15.